The van der Waals surface area contributed by atoms with E-state index in [0.717, 1.165) is 0 Å². The van der Waals surface area contributed by atoms with Gasteiger partial charge >= 0.3 is 5.97 Å². The van der Waals surface area contributed by atoms with Crippen LogP contribution in [0.4, 0.5) is 5.69 Å². The number of anilines is 1. The van der Waals surface area contributed by atoms with Crippen molar-refractivity contribution in [2.75, 3.05) is 20.0 Å². The van der Waals surface area contributed by atoms with E-state index in [2.05, 4.69) is 9.72 Å². The number of rotatable bonds is 4. The zero-order chi connectivity index (χ0) is 14.5. The number of esters is 1. The number of nitrogens with zero attached hydrogens (tertiary/aromatic N) is 1. The monoisotopic (exact) mass is 274 g/mol. The second-order valence-corrected chi connectivity index (χ2v) is 3.88. The number of benzene rings is 1. The van der Waals surface area contributed by atoms with E-state index in [0.29, 0.717) is 22.9 Å². The Labute approximate surface area is 116 Å². The summed E-state index contributed by atoms with van der Waals surface area (Å²) < 4.78 is 15.5. The van der Waals surface area contributed by atoms with Crippen LogP contribution in [-0.2, 0) is 4.74 Å². The third-order valence-corrected chi connectivity index (χ3v) is 2.54. The van der Waals surface area contributed by atoms with Crippen LogP contribution in [0.25, 0.3) is 0 Å². The van der Waals surface area contributed by atoms with E-state index in [-0.39, 0.29) is 5.69 Å². The van der Waals surface area contributed by atoms with E-state index in [9.17, 15) is 4.79 Å². The molecular formula is C14H14N2O4. The Morgan fingerprint density at radius 3 is 2.65 bits per heavy atom. The van der Waals surface area contributed by atoms with Crippen molar-refractivity contribution in [2.45, 2.75) is 0 Å². The van der Waals surface area contributed by atoms with Gasteiger partial charge in [-0.3, -0.25) is 0 Å². The second kappa shape index (κ2) is 5.92. The standard InChI is InChI=1S/C14H14N2O4/c1-18-12-4-3-9(15)7-13(12)20-10-5-6-16-11(8-10)14(17)19-2/h3-8H,15H2,1-2H3. The van der Waals surface area contributed by atoms with Crippen molar-refractivity contribution < 1.29 is 19.0 Å². The maximum absolute atomic E-state index is 11.4. The van der Waals surface area contributed by atoms with Gasteiger partial charge in [0.15, 0.2) is 17.2 Å². The summed E-state index contributed by atoms with van der Waals surface area (Å²) in [5.74, 6) is 0.893. The third kappa shape index (κ3) is 2.97. The minimum atomic E-state index is -0.532. The predicted octanol–water partition coefficient (Wildman–Crippen LogP) is 2.25. The fourth-order valence-electron chi connectivity index (χ4n) is 1.59. The van der Waals surface area contributed by atoms with Gasteiger partial charge in [-0.25, -0.2) is 9.78 Å². The van der Waals surface area contributed by atoms with Crippen molar-refractivity contribution >= 4 is 11.7 Å². The van der Waals surface area contributed by atoms with Gasteiger partial charge in [0.25, 0.3) is 0 Å². The summed E-state index contributed by atoms with van der Waals surface area (Å²) >= 11 is 0. The van der Waals surface area contributed by atoms with Crippen LogP contribution in [0.15, 0.2) is 36.5 Å². The van der Waals surface area contributed by atoms with Crippen LogP contribution in [0, 0.1) is 0 Å². The molecule has 0 amide bonds. The lowest BCUT2D eigenvalue weighted by atomic mass is 10.3. The summed E-state index contributed by atoms with van der Waals surface area (Å²) in [5, 5.41) is 0. The van der Waals surface area contributed by atoms with E-state index >= 15 is 0 Å². The van der Waals surface area contributed by atoms with Crippen LogP contribution >= 0.6 is 0 Å². The van der Waals surface area contributed by atoms with Gasteiger partial charge < -0.3 is 19.9 Å². The van der Waals surface area contributed by atoms with Gasteiger partial charge in [-0.05, 0) is 18.2 Å². The molecule has 0 radical (unpaired) electrons. The first-order valence-corrected chi connectivity index (χ1v) is 5.79. The average molecular weight is 274 g/mol. The number of nitrogen functional groups attached to an aromatic ring is 1. The summed E-state index contributed by atoms with van der Waals surface area (Å²) in [6.45, 7) is 0. The maximum atomic E-state index is 11.4. The molecule has 20 heavy (non-hydrogen) atoms. The number of aromatic nitrogens is 1. The van der Waals surface area contributed by atoms with Crippen LogP contribution in [0.2, 0.25) is 0 Å². The van der Waals surface area contributed by atoms with Crippen LogP contribution in [0.3, 0.4) is 0 Å². The molecule has 0 fully saturated rings. The Bertz CT molecular complexity index is 628. The van der Waals surface area contributed by atoms with Crippen LogP contribution in [-0.4, -0.2) is 25.2 Å². The van der Waals surface area contributed by atoms with Crippen molar-refractivity contribution in [3.63, 3.8) is 0 Å². The summed E-state index contributed by atoms with van der Waals surface area (Å²) in [6, 6.07) is 8.14. The molecule has 0 unspecified atom stereocenters. The first-order chi connectivity index (χ1) is 9.63. The van der Waals surface area contributed by atoms with E-state index < -0.39 is 5.97 Å². The highest BCUT2D eigenvalue weighted by Crippen LogP contribution is 2.33. The van der Waals surface area contributed by atoms with Gasteiger partial charge in [0.05, 0.1) is 14.2 Å². The number of nitrogens with two attached hydrogens (primary N) is 1. The average Bonchev–Trinajstić information content (AvgIpc) is 2.47. The third-order valence-electron chi connectivity index (χ3n) is 2.54. The minimum absolute atomic E-state index is 0.160. The molecule has 104 valence electrons. The molecule has 1 aromatic heterocycles. The largest absolute Gasteiger partial charge is 0.493 e. The van der Waals surface area contributed by atoms with Crippen molar-refractivity contribution in [3.8, 4) is 17.2 Å². The first kappa shape index (κ1) is 13.7. The predicted molar refractivity (Wildman–Crippen MR) is 73.1 cm³/mol. The summed E-state index contributed by atoms with van der Waals surface area (Å²) in [5.41, 5.74) is 6.42. The lowest BCUT2D eigenvalue weighted by Crippen LogP contribution is -2.04. The Morgan fingerprint density at radius 2 is 1.95 bits per heavy atom. The minimum Gasteiger partial charge on any atom is -0.493 e. The van der Waals surface area contributed by atoms with Crippen molar-refractivity contribution in [1.29, 1.82) is 0 Å². The van der Waals surface area contributed by atoms with Crippen molar-refractivity contribution in [2.24, 2.45) is 0 Å². The van der Waals surface area contributed by atoms with E-state index in [1.165, 1.54) is 26.5 Å². The number of hydrogen-bond donors (Lipinski definition) is 1. The number of pyridine rings is 1. The van der Waals surface area contributed by atoms with Crippen molar-refractivity contribution in [3.05, 3.63) is 42.2 Å². The molecule has 6 heteroatoms. The van der Waals surface area contributed by atoms with E-state index in [1.807, 2.05) is 0 Å². The fourth-order valence-corrected chi connectivity index (χ4v) is 1.59. The molecule has 6 nitrogen and oxygen atoms in total. The van der Waals surface area contributed by atoms with E-state index in [1.54, 1.807) is 24.3 Å². The molecule has 0 spiro atoms. The summed E-state index contributed by atoms with van der Waals surface area (Å²) in [6.07, 6.45) is 1.46. The number of methoxy groups -OCH3 is 2. The van der Waals surface area contributed by atoms with Crippen LogP contribution in [0.5, 0.6) is 17.2 Å². The van der Waals surface area contributed by atoms with Gasteiger partial charge in [-0.15, -0.1) is 0 Å². The molecule has 0 saturated carbocycles. The molecule has 0 aliphatic rings. The summed E-state index contributed by atoms with van der Waals surface area (Å²) in [7, 11) is 2.82. The van der Waals surface area contributed by atoms with Crippen LogP contribution < -0.4 is 15.2 Å². The Kier molecular flexibility index (Phi) is 4.05. The lowest BCUT2D eigenvalue weighted by Gasteiger charge is -2.11. The number of hydrogen-bond acceptors (Lipinski definition) is 6. The SMILES string of the molecule is COC(=O)c1cc(Oc2cc(N)ccc2OC)ccn1. The molecule has 2 rings (SSSR count). The maximum Gasteiger partial charge on any atom is 0.356 e. The molecule has 1 aromatic carbocycles. The molecule has 2 aromatic rings. The molecule has 0 aliphatic carbocycles. The first-order valence-electron chi connectivity index (χ1n) is 5.79. The number of carbonyl (C=O) groups excluding carboxylic acids is 1. The van der Waals surface area contributed by atoms with Crippen LogP contribution in [0.1, 0.15) is 10.5 Å². The topological polar surface area (TPSA) is 83.7 Å². The summed E-state index contributed by atoms with van der Waals surface area (Å²) in [4.78, 5) is 15.3. The fraction of sp³-hybridized carbons (Fsp3) is 0.143. The Hall–Kier alpha value is -2.76. The quantitative estimate of drug-likeness (QED) is 0.680. The highest BCUT2D eigenvalue weighted by molar-refractivity contribution is 5.87. The zero-order valence-corrected chi connectivity index (χ0v) is 11.1. The molecule has 0 aliphatic heterocycles. The smallest absolute Gasteiger partial charge is 0.356 e. The highest BCUT2D eigenvalue weighted by Gasteiger charge is 2.10. The van der Waals surface area contributed by atoms with Gasteiger partial charge in [0, 0.05) is 24.0 Å². The second-order valence-electron chi connectivity index (χ2n) is 3.88. The molecule has 1 heterocycles. The highest BCUT2D eigenvalue weighted by atomic mass is 16.5. The van der Waals surface area contributed by atoms with Gasteiger partial charge in [-0.1, -0.05) is 0 Å². The Balaban J connectivity index is 2.30. The lowest BCUT2D eigenvalue weighted by molar-refractivity contribution is 0.0593. The van der Waals surface area contributed by atoms with E-state index in [4.69, 9.17) is 15.2 Å². The molecule has 0 bridgehead atoms. The normalized spacial score (nSPS) is 9.90. The number of carbonyl (C=O) groups is 1. The zero-order valence-electron chi connectivity index (χ0n) is 11.1. The number of ether oxygens (including phenoxy) is 3. The van der Waals surface area contributed by atoms with Gasteiger partial charge in [0.2, 0.25) is 0 Å². The molecule has 2 N–H and O–H groups in total. The van der Waals surface area contributed by atoms with Crippen molar-refractivity contribution in [1.82, 2.24) is 4.98 Å². The molecule has 0 saturated heterocycles. The molecule has 0 atom stereocenters. The van der Waals surface area contributed by atoms with Gasteiger partial charge in [0.1, 0.15) is 5.75 Å². The molecular weight excluding hydrogens is 260 g/mol. The Morgan fingerprint density at radius 1 is 1.15 bits per heavy atom. The van der Waals surface area contributed by atoms with Gasteiger partial charge in [-0.2, -0.15) is 0 Å².